The van der Waals surface area contributed by atoms with Gasteiger partial charge < -0.3 is 4.90 Å². The number of aromatic nitrogens is 4. The lowest BCUT2D eigenvalue weighted by Crippen LogP contribution is -2.34. The molecule has 0 saturated carbocycles. The summed E-state index contributed by atoms with van der Waals surface area (Å²) in [7, 11) is 1.95. The van der Waals surface area contributed by atoms with Gasteiger partial charge in [-0.2, -0.15) is 5.10 Å². The van der Waals surface area contributed by atoms with Crippen LogP contribution >= 0.6 is 0 Å². The minimum atomic E-state index is 0.502. The predicted octanol–water partition coefficient (Wildman–Crippen LogP) is 1.59. The van der Waals surface area contributed by atoms with E-state index in [1.54, 1.807) is 6.33 Å². The molecule has 2 aromatic rings. The molecule has 1 saturated heterocycles. The molecule has 94 valence electrons. The lowest BCUT2D eigenvalue weighted by Gasteiger charge is -2.33. The Kier molecular flexibility index (Phi) is 2.96. The molecule has 0 amide bonds. The Labute approximate surface area is 106 Å². The summed E-state index contributed by atoms with van der Waals surface area (Å²) in [5.74, 6) is 0.502. The zero-order valence-corrected chi connectivity index (χ0v) is 10.5. The van der Waals surface area contributed by atoms with E-state index in [0.717, 1.165) is 18.8 Å². The number of hydrogen-bond acceptors (Lipinski definition) is 4. The molecule has 5 heteroatoms. The van der Waals surface area contributed by atoms with E-state index in [1.807, 2.05) is 30.2 Å². The number of piperidine rings is 1. The fourth-order valence-corrected chi connectivity index (χ4v) is 2.57. The molecule has 1 aliphatic rings. The van der Waals surface area contributed by atoms with Gasteiger partial charge in [-0.25, -0.2) is 9.97 Å². The summed E-state index contributed by atoms with van der Waals surface area (Å²) in [6.07, 6.45) is 9.87. The van der Waals surface area contributed by atoms with Gasteiger partial charge in [0.1, 0.15) is 6.33 Å². The van der Waals surface area contributed by atoms with Crippen molar-refractivity contribution < 1.29 is 0 Å². The number of anilines is 1. The summed E-state index contributed by atoms with van der Waals surface area (Å²) in [5, 5.41) is 4.24. The van der Waals surface area contributed by atoms with Crippen LogP contribution in [0.3, 0.4) is 0 Å². The van der Waals surface area contributed by atoms with Crippen LogP contribution < -0.4 is 4.90 Å². The normalized spacial score (nSPS) is 20.1. The molecule has 0 bridgehead atoms. The van der Waals surface area contributed by atoms with Crippen LogP contribution in [-0.4, -0.2) is 32.8 Å². The van der Waals surface area contributed by atoms with Crippen LogP contribution in [0.25, 0.3) is 0 Å². The molecule has 3 rings (SSSR count). The summed E-state index contributed by atoms with van der Waals surface area (Å²) in [6.45, 7) is 2.12. The lowest BCUT2D eigenvalue weighted by atomic mass is 9.94. The van der Waals surface area contributed by atoms with Gasteiger partial charge >= 0.3 is 0 Å². The van der Waals surface area contributed by atoms with E-state index >= 15 is 0 Å². The average molecular weight is 243 g/mol. The molecule has 0 aromatic carbocycles. The minimum absolute atomic E-state index is 0.502. The molecule has 1 atom stereocenters. The first kappa shape index (κ1) is 11.2. The Bertz CT molecular complexity index is 507. The molecule has 2 aromatic heterocycles. The smallest absolute Gasteiger partial charge is 0.115 e. The number of nitrogens with zero attached hydrogens (tertiary/aromatic N) is 5. The average Bonchev–Trinajstić information content (AvgIpc) is 2.87. The SMILES string of the molecule is Cn1cc(N2CCC[C@@H](c3ccncn3)C2)cn1. The van der Waals surface area contributed by atoms with Crippen LogP contribution in [0.5, 0.6) is 0 Å². The van der Waals surface area contributed by atoms with Crippen LogP contribution in [0, 0.1) is 0 Å². The highest BCUT2D eigenvalue weighted by Gasteiger charge is 2.22. The summed E-state index contributed by atoms with van der Waals surface area (Å²) >= 11 is 0. The van der Waals surface area contributed by atoms with Gasteiger partial charge in [-0.15, -0.1) is 0 Å². The molecule has 0 N–H and O–H groups in total. The second kappa shape index (κ2) is 4.76. The zero-order chi connectivity index (χ0) is 12.4. The Balaban J connectivity index is 1.76. The molecule has 1 fully saturated rings. The van der Waals surface area contributed by atoms with Crippen molar-refractivity contribution in [3.63, 3.8) is 0 Å². The fraction of sp³-hybridized carbons (Fsp3) is 0.462. The van der Waals surface area contributed by atoms with E-state index in [-0.39, 0.29) is 0 Å². The maximum atomic E-state index is 4.38. The van der Waals surface area contributed by atoms with E-state index in [2.05, 4.69) is 26.2 Å². The topological polar surface area (TPSA) is 46.8 Å². The largest absolute Gasteiger partial charge is 0.368 e. The van der Waals surface area contributed by atoms with E-state index in [9.17, 15) is 0 Å². The van der Waals surface area contributed by atoms with Crippen molar-refractivity contribution in [1.82, 2.24) is 19.7 Å². The molecular formula is C13H17N5. The molecule has 18 heavy (non-hydrogen) atoms. The summed E-state index contributed by atoms with van der Waals surface area (Å²) in [4.78, 5) is 10.8. The molecule has 0 aliphatic carbocycles. The van der Waals surface area contributed by atoms with Crippen molar-refractivity contribution in [2.75, 3.05) is 18.0 Å². The quantitative estimate of drug-likeness (QED) is 0.803. The van der Waals surface area contributed by atoms with Crippen LogP contribution in [-0.2, 0) is 7.05 Å². The second-order valence-electron chi connectivity index (χ2n) is 4.79. The second-order valence-corrected chi connectivity index (χ2v) is 4.79. The molecule has 0 unspecified atom stereocenters. The van der Waals surface area contributed by atoms with Gasteiger partial charge in [0.2, 0.25) is 0 Å². The lowest BCUT2D eigenvalue weighted by molar-refractivity contribution is 0.501. The highest BCUT2D eigenvalue weighted by atomic mass is 15.3. The van der Waals surface area contributed by atoms with Gasteiger partial charge in [-0.1, -0.05) is 0 Å². The highest BCUT2D eigenvalue weighted by Crippen LogP contribution is 2.28. The van der Waals surface area contributed by atoms with Gasteiger partial charge in [0.25, 0.3) is 0 Å². The van der Waals surface area contributed by atoms with Gasteiger partial charge in [-0.3, -0.25) is 4.68 Å². The van der Waals surface area contributed by atoms with Crippen molar-refractivity contribution in [2.24, 2.45) is 7.05 Å². The van der Waals surface area contributed by atoms with Crippen LogP contribution in [0.1, 0.15) is 24.5 Å². The van der Waals surface area contributed by atoms with Crippen molar-refractivity contribution in [3.05, 3.63) is 36.7 Å². The fourth-order valence-electron chi connectivity index (χ4n) is 2.57. The third kappa shape index (κ3) is 2.20. The van der Waals surface area contributed by atoms with Gasteiger partial charge in [0.15, 0.2) is 0 Å². The molecular weight excluding hydrogens is 226 g/mol. The summed E-state index contributed by atoms with van der Waals surface area (Å²) < 4.78 is 1.85. The van der Waals surface area contributed by atoms with Crippen molar-refractivity contribution in [1.29, 1.82) is 0 Å². The Morgan fingerprint density at radius 1 is 1.39 bits per heavy atom. The standard InChI is InChI=1S/C13H17N5/c1-17-9-12(7-16-17)18-6-2-3-11(8-18)13-4-5-14-10-15-13/h4-5,7,9-11H,2-3,6,8H2,1H3/t11-/m1/s1. The molecule has 0 spiro atoms. The molecule has 1 aliphatic heterocycles. The first-order valence-corrected chi connectivity index (χ1v) is 6.32. The van der Waals surface area contributed by atoms with Crippen molar-refractivity contribution in [2.45, 2.75) is 18.8 Å². The van der Waals surface area contributed by atoms with Crippen LogP contribution in [0.15, 0.2) is 31.0 Å². The third-order valence-electron chi connectivity index (χ3n) is 3.50. The third-order valence-corrected chi connectivity index (χ3v) is 3.50. The first-order chi connectivity index (χ1) is 8.83. The van der Waals surface area contributed by atoms with E-state index in [0.29, 0.717) is 5.92 Å². The predicted molar refractivity (Wildman–Crippen MR) is 69.4 cm³/mol. The maximum absolute atomic E-state index is 4.38. The zero-order valence-electron chi connectivity index (χ0n) is 10.5. The first-order valence-electron chi connectivity index (χ1n) is 6.32. The van der Waals surface area contributed by atoms with E-state index in [4.69, 9.17) is 0 Å². The summed E-state index contributed by atoms with van der Waals surface area (Å²) in [6, 6.07) is 2.03. The van der Waals surface area contributed by atoms with Gasteiger partial charge in [0, 0.05) is 44.1 Å². The van der Waals surface area contributed by atoms with Crippen molar-refractivity contribution in [3.8, 4) is 0 Å². The van der Waals surface area contributed by atoms with Gasteiger partial charge in [-0.05, 0) is 18.9 Å². The Hall–Kier alpha value is -1.91. The number of rotatable bonds is 2. The number of aryl methyl sites for hydroxylation is 1. The maximum Gasteiger partial charge on any atom is 0.115 e. The van der Waals surface area contributed by atoms with Crippen molar-refractivity contribution >= 4 is 5.69 Å². The van der Waals surface area contributed by atoms with Crippen LogP contribution in [0.4, 0.5) is 5.69 Å². The number of hydrogen-bond donors (Lipinski definition) is 0. The van der Waals surface area contributed by atoms with Crippen LogP contribution in [0.2, 0.25) is 0 Å². The highest BCUT2D eigenvalue weighted by molar-refractivity contribution is 5.43. The monoisotopic (exact) mass is 243 g/mol. The summed E-state index contributed by atoms with van der Waals surface area (Å²) in [5.41, 5.74) is 2.36. The van der Waals surface area contributed by atoms with Gasteiger partial charge in [0.05, 0.1) is 11.9 Å². The van der Waals surface area contributed by atoms with E-state index < -0.39 is 0 Å². The molecule has 5 nitrogen and oxygen atoms in total. The van der Waals surface area contributed by atoms with E-state index in [1.165, 1.54) is 18.5 Å². The molecule has 0 radical (unpaired) electrons. The Morgan fingerprint density at radius 2 is 2.33 bits per heavy atom. The Morgan fingerprint density at radius 3 is 3.06 bits per heavy atom. The molecule has 3 heterocycles. The minimum Gasteiger partial charge on any atom is -0.368 e.